The number of benzene rings is 1. The van der Waals surface area contributed by atoms with Crippen LogP contribution in [0, 0.1) is 6.92 Å². The monoisotopic (exact) mass is 473 g/mol. The number of aryl methyl sites for hydroxylation is 1. The molecule has 0 radical (unpaired) electrons. The summed E-state index contributed by atoms with van der Waals surface area (Å²) >= 11 is 7.11. The highest BCUT2D eigenvalue weighted by atomic mass is 35.5. The average molecular weight is 474 g/mol. The maximum atomic E-state index is 12.9. The van der Waals surface area contributed by atoms with Gasteiger partial charge >= 0.3 is 5.97 Å². The number of nitrogens with zero attached hydrogens (tertiary/aromatic N) is 2. The van der Waals surface area contributed by atoms with Crippen molar-refractivity contribution in [2.24, 2.45) is 0 Å². The Bertz CT molecular complexity index is 1060. The molecule has 1 saturated heterocycles. The highest BCUT2D eigenvalue weighted by Gasteiger charge is 2.28. The Balaban J connectivity index is 1.84. The van der Waals surface area contributed by atoms with Crippen LogP contribution >= 0.6 is 22.9 Å². The Morgan fingerprint density at radius 1 is 1.33 bits per heavy atom. The largest absolute Gasteiger partial charge is 0.462 e. The van der Waals surface area contributed by atoms with Crippen LogP contribution in [0.1, 0.15) is 32.6 Å². The van der Waals surface area contributed by atoms with Crippen LogP contribution < -0.4 is 5.32 Å². The zero-order valence-corrected chi connectivity index (χ0v) is 18.7. The van der Waals surface area contributed by atoms with E-state index in [4.69, 9.17) is 21.1 Å². The summed E-state index contributed by atoms with van der Waals surface area (Å²) in [7, 11) is -3.79. The Morgan fingerprint density at radius 3 is 2.70 bits per heavy atom. The van der Waals surface area contributed by atoms with E-state index in [9.17, 15) is 18.0 Å². The second-order valence-corrected chi connectivity index (χ2v) is 9.61. The van der Waals surface area contributed by atoms with Gasteiger partial charge in [-0.1, -0.05) is 22.9 Å². The lowest BCUT2D eigenvalue weighted by Crippen LogP contribution is -2.40. The molecule has 0 unspecified atom stereocenters. The van der Waals surface area contributed by atoms with E-state index < -0.39 is 21.9 Å². The number of nitrogens with one attached hydrogen (secondary N) is 1. The third kappa shape index (κ3) is 4.81. The summed E-state index contributed by atoms with van der Waals surface area (Å²) in [6.07, 6.45) is 0. The standard InChI is InChI=1S/C18H20ClN3O6S2/c1-3-28-17(24)15-11(2)20-18(29-15)21-16(23)13-10-12(4-5-14(13)19)30(25,26)22-6-8-27-9-7-22/h4-5,10H,3,6-9H2,1-2H3,(H,20,21,23). The van der Waals surface area contributed by atoms with E-state index in [1.165, 1.54) is 22.5 Å². The minimum atomic E-state index is -3.79. The van der Waals surface area contributed by atoms with Crippen molar-refractivity contribution in [1.82, 2.24) is 9.29 Å². The molecule has 1 aliphatic heterocycles. The number of thiazole rings is 1. The molecule has 2 aromatic rings. The van der Waals surface area contributed by atoms with Gasteiger partial charge in [-0.2, -0.15) is 4.31 Å². The number of aromatic nitrogens is 1. The SMILES string of the molecule is CCOC(=O)c1sc(NC(=O)c2cc(S(=O)(=O)N3CCOCC3)ccc2Cl)nc1C. The van der Waals surface area contributed by atoms with E-state index in [1.807, 2.05) is 0 Å². The first kappa shape index (κ1) is 22.6. The number of sulfonamides is 1. The van der Waals surface area contributed by atoms with E-state index >= 15 is 0 Å². The number of carbonyl (C=O) groups is 2. The van der Waals surface area contributed by atoms with Crippen molar-refractivity contribution in [3.63, 3.8) is 0 Å². The van der Waals surface area contributed by atoms with Crippen molar-refractivity contribution in [2.75, 3.05) is 38.2 Å². The van der Waals surface area contributed by atoms with E-state index in [2.05, 4.69) is 10.3 Å². The summed E-state index contributed by atoms with van der Waals surface area (Å²) < 4.78 is 37.2. The van der Waals surface area contributed by atoms with E-state index in [-0.39, 0.29) is 45.2 Å². The van der Waals surface area contributed by atoms with Gasteiger partial charge < -0.3 is 9.47 Å². The molecule has 30 heavy (non-hydrogen) atoms. The van der Waals surface area contributed by atoms with Crippen molar-refractivity contribution in [3.05, 3.63) is 39.4 Å². The zero-order valence-electron chi connectivity index (χ0n) is 16.3. The number of rotatable bonds is 6. The summed E-state index contributed by atoms with van der Waals surface area (Å²) in [5, 5.41) is 2.83. The molecule has 12 heteroatoms. The molecule has 1 amide bonds. The van der Waals surface area contributed by atoms with Gasteiger partial charge in [-0.25, -0.2) is 18.2 Å². The minimum absolute atomic E-state index is 0.0171. The van der Waals surface area contributed by atoms with Gasteiger partial charge in [0.2, 0.25) is 10.0 Å². The molecule has 2 heterocycles. The first-order valence-corrected chi connectivity index (χ1v) is 11.7. The van der Waals surface area contributed by atoms with E-state index in [1.54, 1.807) is 13.8 Å². The van der Waals surface area contributed by atoms with Gasteiger partial charge in [0, 0.05) is 13.1 Å². The Labute approximate surface area is 183 Å². The van der Waals surface area contributed by atoms with Gasteiger partial charge in [-0.3, -0.25) is 10.1 Å². The normalized spacial score (nSPS) is 15.0. The van der Waals surface area contributed by atoms with Crippen molar-refractivity contribution in [2.45, 2.75) is 18.7 Å². The van der Waals surface area contributed by atoms with Crippen LogP contribution in [0.2, 0.25) is 5.02 Å². The lowest BCUT2D eigenvalue weighted by molar-refractivity contribution is 0.0531. The number of halogens is 1. The van der Waals surface area contributed by atoms with Crippen molar-refractivity contribution in [3.8, 4) is 0 Å². The molecule has 0 atom stereocenters. The van der Waals surface area contributed by atoms with Crippen LogP contribution in [0.5, 0.6) is 0 Å². The van der Waals surface area contributed by atoms with Crippen LogP contribution in [0.3, 0.4) is 0 Å². The highest BCUT2D eigenvalue weighted by Crippen LogP contribution is 2.27. The molecule has 0 saturated carbocycles. The van der Waals surface area contributed by atoms with E-state index in [0.29, 0.717) is 18.9 Å². The highest BCUT2D eigenvalue weighted by molar-refractivity contribution is 7.89. The summed E-state index contributed by atoms with van der Waals surface area (Å²) in [4.78, 5) is 29.1. The fourth-order valence-electron chi connectivity index (χ4n) is 2.78. The van der Waals surface area contributed by atoms with Gasteiger partial charge in [-0.15, -0.1) is 0 Å². The molecule has 9 nitrogen and oxygen atoms in total. The van der Waals surface area contributed by atoms with Crippen LogP contribution in [-0.4, -0.2) is 62.5 Å². The van der Waals surface area contributed by atoms with Crippen molar-refractivity contribution >= 4 is 50.0 Å². The Morgan fingerprint density at radius 2 is 2.03 bits per heavy atom. The summed E-state index contributed by atoms with van der Waals surface area (Å²) in [5.41, 5.74) is 0.403. The first-order valence-electron chi connectivity index (χ1n) is 9.07. The molecule has 3 rings (SSSR count). The zero-order chi connectivity index (χ0) is 21.9. The van der Waals surface area contributed by atoms with Crippen LogP contribution in [-0.2, 0) is 19.5 Å². The second-order valence-electron chi connectivity index (χ2n) is 6.27. The molecule has 1 aliphatic rings. The molecule has 1 fully saturated rings. The molecule has 0 aliphatic carbocycles. The molecule has 1 N–H and O–H groups in total. The fraction of sp³-hybridized carbons (Fsp3) is 0.389. The van der Waals surface area contributed by atoms with Gasteiger partial charge in [0.15, 0.2) is 5.13 Å². The Kier molecular flexibility index (Phi) is 7.09. The topological polar surface area (TPSA) is 115 Å². The molecule has 0 bridgehead atoms. The third-order valence-corrected chi connectivity index (χ3v) is 7.55. The van der Waals surface area contributed by atoms with Crippen molar-refractivity contribution < 1.29 is 27.5 Å². The quantitative estimate of drug-likeness (QED) is 0.641. The predicted molar refractivity (Wildman–Crippen MR) is 112 cm³/mol. The summed E-state index contributed by atoms with van der Waals surface area (Å²) in [6.45, 7) is 4.64. The average Bonchev–Trinajstić information content (AvgIpc) is 3.09. The number of hydrogen-bond acceptors (Lipinski definition) is 8. The number of anilines is 1. The summed E-state index contributed by atoms with van der Waals surface area (Å²) in [5.74, 6) is -1.16. The number of morpholine rings is 1. The van der Waals surface area contributed by atoms with Crippen LogP contribution in [0.25, 0.3) is 0 Å². The molecular formula is C18H20ClN3O6S2. The number of hydrogen-bond donors (Lipinski definition) is 1. The molecule has 162 valence electrons. The molecule has 1 aromatic carbocycles. The molecule has 0 spiro atoms. The lowest BCUT2D eigenvalue weighted by Gasteiger charge is -2.26. The number of carbonyl (C=O) groups excluding carboxylic acids is 2. The third-order valence-electron chi connectivity index (χ3n) is 4.27. The van der Waals surface area contributed by atoms with Gasteiger partial charge in [-0.05, 0) is 32.0 Å². The maximum Gasteiger partial charge on any atom is 0.350 e. The molecular weight excluding hydrogens is 454 g/mol. The van der Waals surface area contributed by atoms with Gasteiger partial charge in [0.05, 0.1) is 41.0 Å². The predicted octanol–water partition coefficient (Wildman–Crippen LogP) is 2.55. The molecule has 1 aromatic heterocycles. The summed E-state index contributed by atoms with van der Waals surface area (Å²) in [6, 6.07) is 3.95. The first-order chi connectivity index (χ1) is 14.2. The smallest absolute Gasteiger partial charge is 0.350 e. The number of esters is 1. The maximum absolute atomic E-state index is 12.9. The van der Waals surface area contributed by atoms with Crippen LogP contribution in [0.4, 0.5) is 5.13 Å². The Hall–Kier alpha value is -2.05. The number of amides is 1. The van der Waals surface area contributed by atoms with Crippen LogP contribution in [0.15, 0.2) is 23.1 Å². The fourth-order valence-corrected chi connectivity index (χ4v) is 5.27. The van der Waals surface area contributed by atoms with Gasteiger partial charge in [0.1, 0.15) is 4.88 Å². The minimum Gasteiger partial charge on any atom is -0.462 e. The number of ether oxygens (including phenoxy) is 2. The second kappa shape index (κ2) is 9.40. The lowest BCUT2D eigenvalue weighted by atomic mass is 10.2. The van der Waals surface area contributed by atoms with Gasteiger partial charge in [0.25, 0.3) is 5.91 Å². The van der Waals surface area contributed by atoms with E-state index in [0.717, 1.165) is 11.3 Å². The van der Waals surface area contributed by atoms with Crippen molar-refractivity contribution in [1.29, 1.82) is 0 Å².